The molecule has 3 aliphatic carbocycles. The van der Waals surface area contributed by atoms with Gasteiger partial charge in [-0.25, -0.2) is 0 Å². The van der Waals surface area contributed by atoms with E-state index in [0.29, 0.717) is 18.8 Å². The molecule has 5 rings (SSSR count). The first-order valence-corrected chi connectivity index (χ1v) is 19.6. The van der Waals surface area contributed by atoms with E-state index in [9.17, 15) is 5.11 Å². The van der Waals surface area contributed by atoms with Crippen LogP contribution in [0.4, 0.5) is 10.2 Å². The monoisotopic (exact) mass is 672 g/mol. The fraction of sp³-hybridized carbons (Fsp3) is 0.647. The Kier molecular flexibility index (Phi) is 9.41. The van der Waals surface area contributed by atoms with Gasteiger partial charge in [-0.15, -0.1) is 0 Å². The first-order chi connectivity index (χ1) is 22.0. The molecule has 0 bridgehead atoms. The molecule has 2 aromatic heterocycles. The molecule has 4 atom stereocenters. The average molecular weight is 673 g/mol. The smallest absolute Gasteiger partial charge is 0.265 e. The highest BCUT2D eigenvalue weighted by Gasteiger charge is 2.69. The van der Waals surface area contributed by atoms with Gasteiger partial charge in [0.05, 0.1) is 24.8 Å². The number of nitrogen functional groups attached to an aromatic ring is 1. The van der Waals surface area contributed by atoms with E-state index in [2.05, 4.69) is 10.1 Å². The van der Waals surface area contributed by atoms with E-state index in [0.717, 1.165) is 19.3 Å². The number of fused-ring (bicyclic) bond motifs is 4. The fourth-order valence-corrected chi connectivity index (χ4v) is 8.37. The zero-order valence-electron chi connectivity index (χ0n) is 29.1. The number of pyridine rings is 1. The van der Waals surface area contributed by atoms with Crippen molar-refractivity contribution in [1.82, 2.24) is 15.0 Å². The largest absolute Gasteiger partial charge is 0.507 e. The topological polar surface area (TPSA) is 150 Å². The van der Waals surface area contributed by atoms with Crippen LogP contribution in [0.5, 0.6) is 11.6 Å². The molecule has 3 aliphatic rings. The zero-order chi connectivity index (χ0) is 34.6. The summed E-state index contributed by atoms with van der Waals surface area (Å²) in [5.74, 6) is -3.78. The van der Waals surface area contributed by atoms with Gasteiger partial charge in [-0.3, -0.25) is 14.5 Å². The number of nitrogens with zero attached hydrogens (tertiary/aromatic N) is 3. The lowest BCUT2D eigenvalue weighted by Crippen LogP contribution is -2.68. The van der Waals surface area contributed by atoms with Crippen molar-refractivity contribution < 1.29 is 37.5 Å². The molecule has 0 aromatic carbocycles. The van der Waals surface area contributed by atoms with Gasteiger partial charge in [0.2, 0.25) is 17.5 Å². The third kappa shape index (κ3) is 5.57. The number of Topliss-reactive ketones (excluding diaryl/α,β-unsaturated/α-hetero) is 2. The quantitative estimate of drug-likeness (QED) is 0.118. The van der Waals surface area contributed by atoms with E-state index < -0.39 is 55.1 Å². The van der Waals surface area contributed by atoms with Gasteiger partial charge in [0.1, 0.15) is 11.3 Å². The third-order valence-electron chi connectivity index (χ3n) is 10.4. The Labute approximate surface area is 277 Å². The van der Waals surface area contributed by atoms with Crippen LogP contribution in [0.15, 0.2) is 10.1 Å². The van der Waals surface area contributed by atoms with Crippen LogP contribution < -0.4 is 15.2 Å². The Hall–Kier alpha value is -3.29. The van der Waals surface area contributed by atoms with E-state index in [1.807, 2.05) is 66.7 Å². The van der Waals surface area contributed by atoms with Gasteiger partial charge in [0, 0.05) is 17.1 Å². The van der Waals surface area contributed by atoms with Crippen LogP contribution in [0.1, 0.15) is 100 Å². The highest BCUT2D eigenvalue weighted by Crippen LogP contribution is 2.59. The summed E-state index contributed by atoms with van der Waals surface area (Å²) in [5.41, 5.74) is 4.33. The average Bonchev–Trinajstić information content (AvgIpc) is 3.39. The summed E-state index contributed by atoms with van der Waals surface area (Å²) in [7, 11) is 0.810. The lowest BCUT2D eigenvalue weighted by atomic mass is 9.57. The van der Waals surface area contributed by atoms with Crippen LogP contribution >= 0.6 is 0 Å². The van der Waals surface area contributed by atoms with Gasteiger partial charge in [-0.2, -0.15) is 9.37 Å². The summed E-state index contributed by atoms with van der Waals surface area (Å²) >= 11 is 0. The zero-order valence-corrected chi connectivity index (χ0v) is 30.1. The molecule has 11 nitrogen and oxygen atoms in total. The number of aromatic nitrogens is 2. The number of nitrogens with two attached hydrogens (primary N) is 1. The van der Waals surface area contributed by atoms with Gasteiger partial charge < -0.3 is 29.3 Å². The Balaban J connectivity index is 1.77. The van der Waals surface area contributed by atoms with Gasteiger partial charge in [-0.1, -0.05) is 47.5 Å². The standard InChI is InChI=1S/C34H49FN4O7Si/c1-10-12-14-43-27-22-19(30(35)37-31(27)36)16-18-17-20-24(39(6)7)26-23(32(38-45-26)44-15-13-11-2)29(42)34(20,28(41)21(18)25(22)40)46-47(8,9)33(3,4)5/h18,20,24,40H,10-17H2,1-9H3,(H2,36,37)/t18-,20-,24-,34-/m0/s1. The minimum atomic E-state index is -2.88. The number of carbonyl (C=O) groups is 2. The molecule has 0 aliphatic heterocycles. The number of aliphatic hydroxyl groups is 1. The van der Waals surface area contributed by atoms with Crippen LogP contribution in [-0.2, 0) is 15.6 Å². The summed E-state index contributed by atoms with van der Waals surface area (Å²) in [5, 5.41) is 15.8. The normalized spacial score (nSPS) is 24.2. The number of carbonyl (C=O) groups excluding carboxylic acids is 2. The number of anilines is 1. The summed E-state index contributed by atoms with van der Waals surface area (Å²) in [6.45, 7) is 14.7. The summed E-state index contributed by atoms with van der Waals surface area (Å²) in [6, 6.07) is -0.611. The molecule has 0 amide bonds. The van der Waals surface area contributed by atoms with Gasteiger partial charge in [-0.05, 0) is 69.0 Å². The maximum atomic E-state index is 15.5. The minimum Gasteiger partial charge on any atom is -0.507 e. The summed E-state index contributed by atoms with van der Waals surface area (Å²) < 4.78 is 40.3. The number of unbranched alkanes of at least 4 members (excludes halogenated alkanes) is 2. The summed E-state index contributed by atoms with van der Waals surface area (Å²) in [4.78, 5) is 36.2. The van der Waals surface area contributed by atoms with Crippen molar-refractivity contribution in [2.24, 2.45) is 11.8 Å². The molecule has 0 saturated heterocycles. The van der Waals surface area contributed by atoms with Crippen molar-refractivity contribution in [2.75, 3.05) is 33.0 Å². The predicted molar refractivity (Wildman–Crippen MR) is 178 cm³/mol. The second-order valence-electron chi connectivity index (χ2n) is 14.8. The molecule has 2 aromatic rings. The van der Waals surface area contributed by atoms with Gasteiger partial charge in [0.15, 0.2) is 31.2 Å². The molecule has 2 heterocycles. The second kappa shape index (κ2) is 12.6. The Morgan fingerprint density at radius 2 is 1.72 bits per heavy atom. The van der Waals surface area contributed by atoms with Crippen molar-refractivity contribution in [2.45, 2.75) is 103 Å². The molecule has 3 N–H and O–H groups in total. The highest BCUT2D eigenvalue weighted by atomic mass is 28.4. The summed E-state index contributed by atoms with van der Waals surface area (Å²) in [6.07, 6.45) is 3.41. The van der Waals surface area contributed by atoms with Crippen LogP contribution in [0, 0.1) is 17.8 Å². The molecular formula is C34H49FN4O7Si. The number of aliphatic hydroxyl groups excluding tert-OH is 1. The molecule has 258 valence electrons. The molecule has 0 spiro atoms. The number of halogens is 1. The first-order valence-electron chi connectivity index (χ1n) is 16.7. The second-order valence-corrected chi connectivity index (χ2v) is 19.5. The van der Waals surface area contributed by atoms with Crippen molar-refractivity contribution in [3.63, 3.8) is 0 Å². The highest BCUT2D eigenvalue weighted by molar-refractivity contribution is 6.74. The van der Waals surface area contributed by atoms with E-state index >= 15 is 14.0 Å². The Bertz CT molecular complexity index is 1600. The molecule has 0 radical (unpaired) electrons. The Morgan fingerprint density at radius 1 is 1.09 bits per heavy atom. The SMILES string of the molecule is CCCCOc1noc2c1C(=O)[C@@]1(O[Si](C)(C)C(C)(C)C)C(=O)C3=C(O)c4c(c(F)nc(N)c4OCCCC)C[C@H]3C[C@H]1[C@@H]2N(C)C. The lowest BCUT2D eigenvalue weighted by molar-refractivity contribution is -0.140. The van der Waals surface area contributed by atoms with Gasteiger partial charge in [0.25, 0.3) is 5.88 Å². The number of rotatable bonds is 11. The maximum absolute atomic E-state index is 15.5. The number of hydrogen-bond acceptors (Lipinski definition) is 11. The predicted octanol–water partition coefficient (Wildman–Crippen LogP) is 6.44. The van der Waals surface area contributed by atoms with Gasteiger partial charge >= 0.3 is 0 Å². The Morgan fingerprint density at radius 3 is 2.32 bits per heavy atom. The van der Waals surface area contributed by atoms with Crippen LogP contribution in [0.25, 0.3) is 5.76 Å². The lowest BCUT2D eigenvalue weighted by Gasteiger charge is -2.55. The van der Waals surface area contributed by atoms with E-state index in [1.165, 1.54) is 0 Å². The molecule has 1 fully saturated rings. The maximum Gasteiger partial charge on any atom is 0.265 e. The molecular weight excluding hydrogens is 623 g/mol. The number of hydrogen-bond donors (Lipinski definition) is 2. The molecule has 0 unspecified atom stereocenters. The third-order valence-corrected chi connectivity index (χ3v) is 14.8. The fourth-order valence-electron chi connectivity index (χ4n) is 6.92. The number of ether oxygens (including phenoxy) is 2. The van der Waals surface area contributed by atoms with Crippen LogP contribution in [0.3, 0.4) is 0 Å². The van der Waals surface area contributed by atoms with E-state index in [4.69, 9.17) is 24.2 Å². The van der Waals surface area contributed by atoms with E-state index in [-0.39, 0.29) is 64.2 Å². The van der Waals surface area contributed by atoms with Crippen LogP contribution in [0.2, 0.25) is 18.1 Å². The van der Waals surface area contributed by atoms with Crippen molar-refractivity contribution in [1.29, 1.82) is 0 Å². The van der Waals surface area contributed by atoms with Crippen LogP contribution in [-0.4, -0.2) is 72.9 Å². The van der Waals surface area contributed by atoms with E-state index in [1.54, 1.807) is 0 Å². The molecule has 47 heavy (non-hydrogen) atoms. The van der Waals surface area contributed by atoms with Crippen molar-refractivity contribution >= 4 is 31.5 Å². The number of ketones is 2. The van der Waals surface area contributed by atoms with Crippen molar-refractivity contribution in [3.8, 4) is 11.6 Å². The van der Waals surface area contributed by atoms with Crippen molar-refractivity contribution in [3.05, 3.63) is 34.0 Å². The molecule has 1 saturated carbocycles. The first kappa shape index (κ1) is 35.0. The minimum absolute atomic E-state index is 0.00769. The molecule has 13 heteroatoms.